The van der Waals surface area contributed by atoms with Crippen LogP contribution in [0.25, 0.3) is 0 Å². The number of unbranched alkanes of at least 4 members (excludes halogenated alkanes) is 1. The van der Waals surface area contributed by atoms with E-state index in [2.05, 4.69) is 190 Å². The number of benzene rings is 4. The molecule has 0 atom stereocenters. The molecule has 3 heterocycles. The van der Waals surface area contributed by atoms with E-state index in [0.717, 1.165) is 119 Å². The first-order chi connectivity index (χ1) is 38.2. The van der Waals surface area contributed by atoms with Crippen molar-refractivity contribution in [3.63, 3.8) is 0 Å². The summed E-state index contributed by atoms with van der Waals surface area (Å²) >= 11 is 0. The van der Waals surface area contributed by atoms with Crippen LogP contribution in [0, 0.1) is 0 Å². The summed E-state index contributed by atoms with van der Waals surface area (Å²) in [5.74, 6) is -0.290. The van der Waals surface area contributed by atoms with Crippen molar-refractivity contribution in [2.75, 3.05) is 46.2 Å². The van der Waals surface area contributed by atoms with Crippen LogP contribution in [0.1, 0.15) is 317 Å². The molecule has 13 heteroatoms. The van der Waals surface area contributed by atoms with Crippen molar-refractivity contribution in [3.05, 3.63) is 115 Å². The average Bonchev–Trinajstić information content (AvgIpc) is 3.64. The topological polar surface area (TPSA) is 143 Å². The van der Waals surface area contributed by atoms with E-state index in [9.17, 15) is 25.5 Å². The molecule has 0 aromatic heterocycles. The minimum absolute atomic E-state index is 0. The van der Waals surface area contributed by atoms with Gasteiger partial charge in [-0.25, -0.2) is 0 Å². The Hall–Kier alpha value is -1.09. The van der Waals surface area contributed by atoms with Crippen molar-refractivity contribution >= 4 is 0 Å². The fraction of sp³-hybridized carbons (Fsp3) is 0.684. The third-order valence-electron chi connectivity index (χ3n) is 16.0. The second kappa shape index (κ2) is 39.8. The molecule has 0 aliphatic carbocycles. The molecular weight excluding hydrogens is 1080 g/mol. The van der Waals surface area contributed by atoms with Crippen LogP contribution in [0.15, 0.2) is 48.5 Å². The van der Waals surface area contributed by atoms with Gasteiger partial charge in [-0.3, -0.25) is 0 Å². The molecule has 0 radical (unpaired) electrons. The van der Waals surface area contributed by atoms with Gasteiger partial charge in [0, 0.05) is 51.5 Å². The molecule has 0 N–H and O–H groups in total. The first kappa shape index (κ1) is 94.3. The van der Waals surface area contributed by atoms with Gasteiger partial charge in [0.05, 0.1) is 0 Å². The molecule has 0 amide bonds. The number of ether oxygens (including phenoxy) is 3. The van der Waals surface area contributed by atoms with Gasteiger partial charge >= 0.3 is 94.3 Å². The van der Waals surface area contributed by atoms with Crippen molar-refractivity contribution < 1.29 is 134 Å². The molecule has 8 nitrogen and oxygen atoms in total. The van der Waals surface area contributed by atoms with Gasteiger partial charge in [0.15, 0.2) is 0 Å². The zero-order valence-electron chi connectivity index (χ0n) is 63.6. The molecule has 478 valence electrons. The number of rotatable bonds is 6. The number of hydrogen-bond acceptors (Lipinski definition) is 8. The predicted molar refractivity (Wildman–Crippen MR) is 348 cm³/mol. The molecule has 3 aliphatic heterocycles. The van der Waals surface area contributed by atoms with E-state index in [1.165, 1.54) is 38.5 Å². The second-order valence-corrected chi connectivity index (χ2v) is 32.2. The summed E-state index contributed by atoms with van der Waals surface area (Å²) in [6.07, 6.45) is 9.53. The van der Waals surface area contributed by atoms with Crippen LogP contribution in [0.5, 0.6) is 23.0 Å². The van der Waals surface area contributed by atoms with E-state index in [-0.39, 0.29) is 179 Å². The van der Waals surface area contributed by atoms with Crippen LogP contribution < -0.4 is 120 Å². The molecule has 4 aromatic rings. The van der Waals surface area contributed by atoms with Crippen LogP contribution in [-0.2, 0) is 57.5 Å². The van der Waals surface area contributed by atoms with Gasteiger partial charge in [0.25, 0.3) is 0 Å². The second-order valence-electron chi connectivity index (χ2n) is 32.2. The molecule has 0 spiro atoms. The molecule has 0 saturated carbocycles. The van der Waals surface area contributed by atoms with Gasteiger partial charge in [0.2, 0.25) is 0 Å². The zero-order valence-corrected chi connectivity index (χ0v) is 63.6. The molecule has 4 aromatic carbocycles. The minimum atomic E-state index is -0.276. The van der Waals surface area contributed by atoms with Crippen LogP contribution in [0.4, 0.5) is 0 Å². The zero-order chi connectivity index (χ0) is 64.8. The summed E-state index contributed by atoms with van der Waals surface area (Å²) < 4.78 is 14.8. The molecule has 3 aliphatic rings. The molecule has 3 fully saturated rings. The van der Waals surface area contributed by atoms with Crippen LogP contribution in [-0.4, -0.2) is 46.2 Å². The Kier molecular flexibility index (Phi) is 42.2. The van der Waals surface area contributed by atoms with Crippen LogP contribution in [0.3, 0.4) is 0 Å². The molecule has 3 saturated heterocycles. The van der Waals surface area contributed by atoms with E-state index >= 15 is 0 Å². The van der Waals surface area contributed by atoms with Gasteiger partial charge in [-0.1, -0.05) is 248 Å². The standard InChI is InChI=1S/2C30H46O2.3C4H8O.C4H9O.5Li/c2*1-18(21-14-19(27(2,3)4)16-23(25(21)31)29(8,9)10)22-15-20(28(5,6)7)17-24(26(22)32)30(11,12)13;3*1-2-4-5-3-1;1-2-3-4-5;;;;;/h2*14-18,31-32H,1-13H3;3*1-4H2;2-4H2,1H3;;;;;/q;;;;;-1;5*+1/p-4. The summed E-state index contributed by atoms with van der Waals surface area (Å²) in [5.41, 5.74) is 9.32. The first-order valence-corrected chi connectivity index (χ1v) is 32.0. The Morgan fingerprint density at radius 1 is 0.315 bits per heavy atom. The van der Waals surface area contributed by atoms with E-state index in [4.69, 9.17) is 14.2 Å². The maximum atomic E-state index is 13.7. The normalized spacial score (nSPS) is 14.4. The van der Waals surface area contributed by atoms with Gasteiger partial charge < -0.3 is 39.7 Å². The van der Waals surface area contributed by atoms with E-state index in [1.807, 2.05) is 45.0 Å². The summed E-state index contributed by atoms with van der Waals surface area (Å²) in [6.45, 7) is 63.2. The Balaban J connectivity index is -0.000000588. The quantitative estimate of drug-likeness (QED) is 0.267. The average molecular weight is 1200 g/mol. The van der Waals surface area contributed by atoms with Crippen molar-refractivity contribution in [1.29, 1.82) is 0 Å². The maximum absolute atomic E-state index is 13.7. The van der Waals surface area contributed by atoms with Crippen LogP contribution in [0.2, 0.25) is 0 Å². The maximum Gasteiger partial charge on any atom is 1.00 e. The Morgan fingerprint density at radius 3 is 0.573 bits per heavy atom. The first-order valence-electron chi connectivity index (χ1n) is 32.0. The minimum Gasteiger partial charge on any atom is -0.872 e. The largest absolute Gasteiger partial charge is 1.00 e. The fourth-order valence-electron chi connectivity index (χ4n) is 9.86. The molecule has 7 rings (SSSR count). The van der Waals surface area contributed by atoms with Gasteiger partial charge in [0.1, 0.15) is 0 Å². The Morgan fingerprint density at radius 2 is 0.483 bits per heavy atom. The van der Waals surface area contributed by atoms with Gasteiger partial charge in [-0.2, -0.15) is 0 Å². The van der Waals surface area contributed by atoms with Crippen molar-refractivity contribution in [2.24, 2.45) is 0 Å². The monoisotopic (exact) mass is 1200 g/mol. The van der Waals surface area contributed by atoms with Crippen molar-refractivity contribution in [1.82, 2.24) is 0 Å². The van der Waals surface area contributed by atoms with Crippen molar-refractivity contribution in [2.45, 2.75) is 293 Å². The molecule has 0 unspecified atom stereocenters. The smallest absolute Gasteiger partial charge is 0.872 e. The summed E-state index contributed by atoms with van der Waals surface area (Å²) in [7, 11) is 0. The van der Waals surface area contributed by atoms with Gasteiger partial charge in [-0.15, -0.1) is 29.6 Å². The van der Waals surface area contributed by atoms with Gasteiger partial charge in [-0.05, 0) is 149 Å². The van der Waals surface area contributed by atoms with Crippen LogP contribution >= 0.6 is 0 Å². The third kappa shape index (κ3) is 30.3. The SMILES string of the molecule is C1CCOC1.C1CCOC1.C1CCOC1.CC(c1cc(C(C)(C)C)cc(C(C)(C)C)c1[O-])c1cc(C(C)(C)C)cc(C(C)(C)C)c1[O-].CC(c1cc(C(C)(C)C)cc(C(C)(C)C)c1[O-])c1cc(C(C)(C)C)cc(C(C)(C)C)c1[O-].CCCC[O-].[Li+].[Li+].[Li+].[Li+].[Li+]. The third-order valence-corrected chi connectivity index (χ3v) is 16.0. The van der Waals surface area contributed by atoms with E-state index in [1.54, 1.807) is 0 Å². The van der Waals surface area contributed by atoms with E-state index < -0.39 is 0 Å². The predicted octanol–water partition coefficient (Wildman–Crippen LogP) is 1.91. The summed E-state index contributed by atoms with van der Waals surface area (Å²) in [5, 5.41) is 64.3. The summed E-state index contributed by atoms with van der Waals surface area (Å²) in [6, 6.07) is 16.5. The van der Waals surface area contributed by atoms with Crippen molar-refractivity contribution in [3.8, 4) is 23.0 Å². The molecule has 0 bridgehead atoms. The Bertz CT molecular complexity index is 2270. The fourth-order valence-corrected chi connectivity index (χ4v) is 9.86. The Labute approximate surface area is 606 Å². The molecule has 89 heavy (non-hydrogen) atoms. The number of hydrogen-bond donors (Lipinski definition) is 0. The van der Waals surface area contributed by atoms with E-state index in [0.29, 0.717) is 0 Å². The summed E-state index contributed by atoms with van der Waals surface area (Å²) in [4.78, 5) is 0. The molecular formula is C76H121Li5O8.